The maximum Gasteiger partial charge on any atom is 0.143 e. The summed E-state index contributed by atoms with van der Waals surface area (Å²) in [5, 5.41) is 16.4. The van der Waals surface area contributed by atoms with E-state index in [-0.39, 0.29) is 5.75 Å². The zero-order chi connectivity index (χ0) is 10.8. The lowest BCUT2D eigenvalue weighted by Crippen LogP contribution is -2.42. The van der Waals surface area contributed by atoms with Gasteiger partial charge >= 0.3 is 0 Å². The molecule has 1 aliphatic heterocycles. The molecule has 1 heterocycles. The summed E-state index contributed by atoms with van der Waals surface area (Å²) in [5.41, 5.74) is 1.17. The summed E-state index contributed by atoms with van der Waals surface area (Å²) in [4.78, 5) is 0. The number of phenolic OH excluding ortho intramolecular Hbond substituents is 1. The van der Waals surface area contributed by atoms with Crippen molar-refractivity contribution in [2.45, 2.75) is 6.04 Å². The molecular weight excluding hydrogens is 324 g/mol. The van der Waals surface area contributed by atoms with E-state index >= 15 is 0 Å². The summed E-state index contributed by atoms with van der Waals surface area (Å²) >= 11 is 6.67. The molecule has 5 heteroatoms. The van der Waals surface area contributed by atoms with Gasteiger partial charge in [-0.1, -0.05) is 0 Å². The SMILES string of the molecule is Oc1c(Br)cc([C@H]2CNCCN2)cc1Br. The molecule has 0 aromatic heterocycles. The quantitative estimate of drug-likeness (QED) is 0.737. The molecule has 3 N–H and O–H groups in total. The third-order valence-corrected chi connectivity index (χ3v) is 3.69. The highest BCUT2D eigenvalue weighted by atomic mass is 79.9. The smallest absolute Gasteiger partial charge is 0.143 e. The highest BCUT2D eigenvalue weighted by molar-refractivity contribution is 9.11. The molecule has 1 aliphatic rings. The van der Waals surface area contributed by atoms with E-state index in [2.05, 4.69) is 42.5 Å². The van der Waals surface area contributed by atoms with Crippen LogP contribution >= 0.6 is 31.9 Å². The lowest BCUT2D eigenvalue weighted by Gasteiger charge is -2.25. The van der Waals surface area contributed by atoms with Gasteiger partial charge < -0.3 is 15.7 Å². The maximum absolute atomic E-state index is 9.60. The van der Waals surface area contributed by atoms with E-state index in [1.54, 1.807) is 0 Å². The zero-order valence-electron chi connectivity index (χ0n) is 8.06. The molecule has 0 amide bonds. The molecule has 0 unspecified atom stereocenters. The number of hydrogen-bond donors (Lipinski definition) is 3. The number of halogens is 2. The zero-order valence-corrected chi connectivity index (χ0v) is 11.2. The predicted molar refractivity (Wildman–Crippen MR) is 67.1 cm³/mol. The van der Waals surface area contributed by atoms with Crippen molar-refractivity contribution in [2.75, 3.05) is 19.6 Å². The van der Waals surface area contributed by atoms with E-state index in [1.165, 1.54) is 5.56 Å². The van der Waals surface area contributed by atoms with Crippen molar-refractivity contribution in [2.24, 2.45) is 0 Å². The van der Waals surface area contributed by atoms with Gasteiger partial charge in [0.25, 0.3) is 0 Å². The minimum absolute atomic E-state index is 0.252. The fourth-order valence-corrected chi connectivity index (χ4v) is 2.90. The first-order valence-electron chi connectivity index (χ1n) is 4.80. The van der Waals surface area contributed by atoms with Gasteiger partial charge in [0.05, 0.1) is 8.95 Å². The third kappa shape index (κ3) is 2.53. The summed E-state index contributed by atoms with van der Waals surface area (Å²) in [5.74, 6) is 0.252. The van der Waals surface area contributed by atoms with Crippen LogP contribution in [-0.2, 0) is 0 Å². The van der Waals surface area contributed by atoms with Crippen LogP contribution in [-0.4, -0.2) is 24.7 Å². The predicted octanol–water partition coefficient (Wildman–Crippen LogP) is 2.15. The van der Waals surface area contributed by atoms with Crippen LogP contribution in [0.1, 0.15) is 11.6 Å². The Hall–Kier alpha value is -0.100. The maximum atomic E-state index is 9.60. The Morgan fingerprint density at radius 1 is 1.20 bits per heavy atom. The molecule has 1 saturated heterocycles. The Balaban J connectivity index is 2.27. The summed E-state index contributed by atoms with van der Waals surface area (Å²) < 4.78 is 1.44. The van der Waals surface area contributed by atoms with Crippen LogP contribution in [0.15, 0.2) is 21.1 Å². The van der Waals surface area contributed by atoms with E-state index in [4.69, 9.17) is 0 Å². The molecule has 1 aromatic carbocycles. The molecule has 15 heavy (non-hydrogen) atoms. The second-order valence-corrected chi connectivity index (χ2v) is 5.25. The second kappa shape index (κ2) is 4.82. The minimum Gasteiger partial charge on any atom is -0.506 e. The lowest BCUT2D eigenvalue weighted by molar-refractivity contribution is 0.428. The highest BCUT2D eigenvalue weighted by Gasteiger charge is 2.16. The van der Waals surface area contributed by atoms with Crippen LogP contribution in [0.4, 0.5) is 0 Å². The van der Waals surface area contributed by atoms with Crippen LogP contribution in [0.25, 0.3) is 0 Å². The Labute approximate surface area is 106 Å². The lowest BCUT2D eigenvalue weighted by atomic mass is 10.1. The normalized spacial score (nSPS) is 21.6. The van der Waals surface area contributed by atoms with Crippen LogP contribution in [0.3, 0.4) is 0 Å². The van der Waals surface area contributed by atoms with E-state index < -0.39 is 0 Å². The molecule has 0 saturated carbocycles. The van der Waals surface area contributed by atoms with E-state index in [1.807, 2.05) is 12.1 Å². The average molecular weight is 336 g/mol. The first-order valence-corrected chi connectivity index (χ1v) is 6.39. The first kappa shape index (κ1) is 11.4. The van der Waals surface area contributed by atoms with Gasteiger partial charge in [-0.05, 0) is 49.6 Å². The molecule has 1 aromatic rings. The number of nitrogens with one attached hydrogen (secondary N) is 2. The second-order valence-electron chi connectivity index (χ2n) is 3.54. The molecular formula is C10H12Br2N2O. The van der Waals surface area contributed by atoms with Crippen LogP contribution in [0.5, 0.6) is 5.75 Å². The Morgan fingerprint density at radius 2 is 1.87 bits per heavy atom. The molecule has 0 aliphatic carbocycles. The Kier molecular flexibility index (Phi) is 3.66. The molecule has 1 fully saturated rings. The Bertz CT molecular complexity index is 341. The number of phenols is 1. The van der Waals surface area contributed by atoms with Gasteiger partial charge in [-0.2, -0.15) is 0 Å². The van der Waals surface area contributed by atoms with Crippen LogP contribution < -0.4 is 10.6 Å². The van der Waals surface area contributed by atoms with Crippen molar-refractivity contribution in [1.29, 1.82) is 0 Å². The molecule has 3 nitrogen and oxygen atoms in total. The van der Waals surface area contributed by atoms with E-state index in [9.17, 15) is 5.11 Å². The topological polar surface area (TPSA) is 44.3 Å². The molecule has 2 rings (SSSR count). The van der Waals surface area contributed by atoms with E-state index in [0.29, 0.717) is 6.04 Å². The van der Waals surface area contributed by atoms with Crippen LogP contribution in [0, 0.1) is 0 Å². The summed E-state index contributed by atoms with van der Waals surface area (Å²) in [7, 11) is 0. The van der Waals surface area contributed by atoms with Gasteiger partial charge in [0, 0.05) is 25.7 Å². The first-order chi connectivity index (χ1) is 7.18. The molecule has 0 spiro atoms. The largest absolute Gasteiger partial charge is 0.506 e. The van der Waals surface area contributed by atoms with Crippen molar-refractivity contribution >= 4 is 31.9 Å². The van der Waals surface area contributed by atoms with Crippen molar-refractivity contribution < 1.29 is 5.11 Å². The highest BCUT2D eigenvalue weighted by Crippen LogP contribution is 2.35. The Morgan fingerprint density at radius 3 is 2.40 bits per heavy atom. The van der Waals surface area contributed by atoms with Gasteiger partial charge in [0.1, 0.15) is 5.75 Å². The summed E-state index contributed by atoms with van der Waals surface area (Å²) in [6.45, 7) is 2.90. The van der Waals surface area contributed by atoms with Gasteiger partial charge in [-0.3, -0.25) is 0 Å². The monoisotopic (exact) mass is 334 g/mol. The summed E-state index contributed by atoms with van der Waals surface area (Å²) in [6.07, 6.45) is 0. The van der Waals surface area contributed by atoms with Crippen molar-refractivity contribution in [3.05, 3.63) is 26.6 Å². The summed E-state index contributed by atoms with van der Waals surface area (Å²) in [6, 6.07) is 4.21. The third-order valence-electron chi connectivity index (χ3n) is 2.48. The fourth-order valence-electron chi connectivity index (χ4n) is 1.68. The number of piperazine rings is 1. The molecule has 0 radical (unpaired) electrons. The van der Waals surface area contributed by atoms with Gasteiger partial charge in [0.15, 0.2) is 0 Å². The average Bonchev–Trinajstić information content (AvgIpc) is 2.26. The number of rotatable bonds is 1. The van der Waals surface area contributed by atoms with E-state index in [0.717, 1.165) is 28.6 Å². The van der Waals surface area contributed by atoms with Crippen molar-refractivity contribution in [1.82, 2.24) is 10.6 Å². The van der Waals surface area contributed by atoms with Gasteiger partial charge in [-0.25, -0.2) is 0 Å². The number of aromatic hydroxyl groups is 1. The standard InChI is InChI=1S/C10H12Br2N2O/c11-7-3-6(4-8(12)10(7)15)9-5-13-1-2-14-9/h3-4,9,13-15H,1-2,5H2/t9-/m1/s1. The number of hydrogen-bond acceptors (Lipinski definition) is 3. The van der Waals surface area contributed by atoms with Gasteiger partial charge in [-0.15, -0.1) is 0 Å². The van der Waals surface area contributed by atoms with Crippen molar-refractivity contribution in [3.8, 4) is 5.75 Å². The minimum atomic E-state index is 0.252. The van der Waals surface area contributed by atoms with Crippen molar-refractivity contribution in [3.63, 3.8) is 0 Å². The molecule has 1 atom stereocenters. The molecule has 0 bridgehead atoms. The number of benzene rings is 1. The fraction of sp³-hybridized carbons (Fsp3) is 0.400. The van der Waals surface area contributed by atoms with Crippen LogP contribution in [0.2, 0.25) is 0 Å². The van der Waals surface area contributed by atoms with Gasteiger partial charge in [0.2, 0.25) is 0 Å². The molecule has 82 valence electrons.